The first kappa shape index (κ1) is 13.0. The highest BCUT2D eigenvalue weighted by Crippen LogP contribution is 2.26. The van der Waals surface area contributed by atoms with Crippen molar-refractivity contribution in [1.82, 2.24) is 15.3 Å². The van der Waals surface area contributed by atoms with Gasteiger partial charge in [0.05, 0.1) is 11.0 Å². The van der Waals surface area contributed by atoms with E-state index in [0.29, 0.717) is 12.0 Å². The van der Waals surface area contributed by atoms with Crippen LogP contribution in [0.3, 0.4) is 0 Å². The Bertz CT molecular complexity index is 510. The fraction of sp³-hybridized carbons (Fsp3) is 0.467. The molecule has 1 aromatic carbocycles. The van der Waals surface area contributed by atoms with E-state index in [-0.39, 0.29) is 0 Å². The fourth-order valence-electron chi connectivity index (χ4n) is 2.28. The standard InChI is InChI=1S/C15H21N3/c1-4-11(3)15(16-5-2)12-6-7-13-14(10-12)18-9-8-17-13/h6-11,15-16H,4-5H2,1-3H3. The summed E-state index contributed by atoms with van der Waals surface area (Å²) in [7, 11) is 0. The molecule has 1 heterocycles. The molecule has 0 fully saturated rings. The van der Waals surface area contributed by atoms with Crippen LogP contribution in [-0.2, 0) is 0 Å². The third-order valence-corrected chi connectivity index (χ3v) is 3.49. The van der Waals surface area contributed by atoms with Gasteiger partial charge < -0.3 is 5.32 Å². The molecule has 0 spiro atoms. The highest BCUT2D eigenvalue weighted by atomic mass is 14.9. The molecule has 3 nitrogen and oxygen atoms in total. The monoisotopic (exact) mass is 243 g/mol. The Hall–Kier alpha value is -1.48. The zero-order valence-electron chi connectivity index (χ0n) is 11.4. The van der Waals surface area contributed by atoms with Crippen LogP contribution in [0.15, 0.2) is 30.6 Å². The minimum Gasteiger partial charge on any atom is -0.310 e. The molecule has 0 bridgehead atoms. The molecule has 0 aliphatic heterocycles. The number of fused-ring (bicyclic) bond motifs is 1. The van der Waals surface area contributed by atoms with Gasteiger partial charge in [-0.1, -0.05) is 33.3 Å². The van der Waals surface area contributed by atoms with Crippen molar-refractivity contribution in [2.24, 2.45) is 5.92 Å². The zero-order chi connectivity index (χ0) is 13.0. The van der Waals surface area contributed by atoms with Gasteiger partial charge in [0.15, 0.2) is 0 Å². The summed E-state index contributed by atoms with van der Waals surface area (Å²) in [5, 5.41) is 3.57. The molecule has 2 unspecified atom stereocenters. The van der Waals surface area contributed by atoms with Gasteiger partial charge in [-0.05, 0) is 30.2 Å². The van der Waals surface area contributed by atoms with Crippen LogP contribution in [0.2, 0.25) is 0 Å². The van der Waals surface area contributed by atoms with Gasteiger partial charge in [-0.2, -0.15) is 0 Å². The van der Waals surface area contributed by atoms with E-state index in [2.05, 4.69) is 54.3 Å². The number of aromatic nitrogens is 2. The molecule has 0 saturated carbocycles. The molecule has 2 atom stereocenters. The lowest BCUT2D eigenvalue weighted by Crippen LogP contribution is -2.26. The SMILES string of the molecule is CCNC(c1ccc2nccnc2c1)C(C)CC. The van der Waals surface area contributed by atoms with Gasteiger partial charge >= 0.3 is 0 Å². The lowest BCUT2D eigenvalue weighted by Gasteiger charge is -2.24. The largest absolute Gasteiger partial charge is 0.310 e. The van der Waals surface area contributed by atoms with Gasteiger partial charge in [-0.3, -0.25) is 9.97 Å². The summed E-state index contributed by atoms with van der Waals surface area (Å²) >= 11 is 0. The summed E-state index contributed by atoms with van der Waals surface area (Å²) in [4.78, 5) is 8.69. The van der Waals surface area contributed by atoms with Crippen molar-refractivity contribution in [3.05, 3.63) is 36.2 Å². The first-order chi connectivity index (χ1) is 8.76. The second-order valence-electron chi connectivity index (χ2n) is 4.73. The zero-order valence-corrected chi connectivity index (χ0v) is 11.4. The Balaban J connectivity index is 2.37. The quantitative estimate of drug-likeness (QED) is 0.875. The molecule has 0 radical (unpaired) electrons. The number of rotatable bonds is 5. The fourth-order valence-corrected chi connectivity index (χ4v) is 2.28. The highest BCUT2D eigenvalue weighted by Gasteiger charge is 2.17. The van der Waals surface area contributed by atoms with Crippen molar-refractivity contribution in [2.75, 3.05) is 6.54 Å². The molecule has 2 aromatic rings. The summed E-state index contributed by atoms with van der Waals surface area (Å²) in [6.45, 7) is 7.65. The molecular formula is C15H21N3. The van der Waals surface area contributed by atoms with E-state index in [0.717, 1.165) is 24.0 Å². The molecule has 18 heavy (non-hydrogen) atoms. The molecule has 0 amide bonds. The van der Waals surface area contributed by atoms with E-state index in [4.69, 9.17) is 0 Å². The van der Waals surface area contributed by atoms with Crippen LogP contribution in [0, 0.1) is 5.92 Å². The molecule has 0 aliphatic rings. The van der Waals surface area contributed by atoms with Crippen molar-refractivity contribution in [2.45, 2.75) is 33.2 Å². The summed E-state index contributed by atoms with van der Waals surface area (Å²) in [5.74, 6) is 0.610. The van der Waals surface area contributed by atoms with Gasteiger partial charge in [-0.25, -0.2) is 0 Å². The number of nitrogens with one attached hydrogen (secondary N) is 1. The molecule has 2 rings (SSSR count). The average molecular weight is 243 g/mol. The minimum atomic E-state index is 0.395. The summed E-state index contributed by atoms with van der Waals surface area (Å²) in [5.41, 5.74) is 3.24. The van der Waals surface area contributed by atoms with Crippen LogP contribution in [0.25, 0.3) is 11.0 Å². The first-order valence-electron chi connectivity index (χ1n) is 6.70. The van der Waals surface area contributed by atoms with Gasteiger partial charge in [0, 0.05) is 18.4 Å². The van der Waals surface area contributed by atoms with Gasteiger partial charge in [0.1, 0.15) is 0 Å². The van der Waals surface area contributed by atoms with E-state index >= 15 is 0 Å². The van der Waals surface area contributed by atoms with Crippen molar-refractivity contribution in [3.8, 4) is 0 Å². The third kappa shape index (κ3) is 2.67. The predicted octanol–water partition coefficient (Wildman–Crippen LogP) is 3.33. The minimum absolute atomic E-state index is 0.395. The van der Waals surface area contributed by atoms with E-state index in [9.17, 15) is 0 Å². The molecule has 1 aromatic heterocycles. The number of nitrogens with zero attached hydrogens (tertiary/aromatic N) is 2. The Morgan fingerprint density at radius 1 is 1.11 bits per heavy atom. The molecule has 1 N–H and O–H groups in total. The Morgan fingerprint density at radius 3 is 2.50 bits per heavy atom. The first-order valence-corrected chi connectivity index (χ1v) is 6.70. The normalized spacial score (nSPS) is 14.6. The maximum absolute atomic E-state index is 4.38. The van der Waals surface area contributed by atoms with Crippen LogP contribution < -0.4 is 5.32 Å². The van der Waals surface area contributed by atoms with Crippen molar-refractivity contribution >= 4 is 11.0 Å². The number of hydrogen-bond donors (Lipinski definition) is 1. The summed E-state index contributed by atoms with van der Waals surface area (Å²) < 4.78 is 0. The van der Waals surface area contributed by atoms with Gasteiger partial charge in [-0.15, -0.1) is 0 Å². The second kappa shape index (κ2) is 5.91. The Morgan fingerprint density at radius 2 is 1.83 bits per heavy atom. The number of hydrogen-bond acceptors (Lipinski definition) is 3. The van der Waals surface area contributed by atoms with Crippen molar-refractivity contribution in [1.29, 1.82) is 0 Å². The van der Waals surface area contributed by atoms with E-state index < -0.39 is 0 Å². The third-order valence-electron chi connectivity index (χ3n) is 3.49. The second-order valence-corrected chi connectivity index (χ2v) is 4.73. The smallest absolute Gasteiger partial charge is 0.0890 e. The van der Waals surface area contributed by atoms with E-state index in [1.54, 1.807) is 12.4 Å². The van der Waals surface area contributed by atoms with Gasteiger partial charge in [0.25, 0.3) is 0 Å². The summed E-state index contributed by atoms with van der Waals surface area (Å²) in [6, 6.07) is 6.77. The van der Waals surface area contributed by atoms with Crippen LogP contribution in [0.4, 0.5) is 0 Å². The molecule has 0 aliphatic carbocycles. The van der Waals surface area contributed by atoms with Crippen LogP contribution in [-0.4, -0.2) is 16.5 Å². The van der Waals surface area contributed by atoms with Crippen LogP contribution >= 0.6 is 0 Å². The lowest BCUT2D eigenvalue weighted by atomic mass is 9.92. The number of benzene rings is 1. The Labute approximate surface area is 109 Å². The van der Waals surface area contributed by atoms with E-state index in [1.807, 2.05) is 0 Å². The maximum Gasteiger partial charge on any atom is 0.0890 e. The molecular weight excluding hydrogens is 222 g/mol. The maximum atomic E-state index is 4.38. The van der Waals surface area contributed by atoms with Crippen molar-refractivity contribution in [3.63, 3.8) is 0 Å². The highest BCUT2D eigenvalue weighted by molar-refractivity contribution is 5.74. The topological polar surface area (TPSA) is 37.8 Å². The summed E-state index contributed by atoms with van der Waals surface area (Å²) in [6.07, 6.45) is 4.65. The average Bonchev–Trinajstić information content (AvgIpc) is 2.43. The molecule has 0 saturated heterocycles. The molecule has 3 heteroatoms. The molecule has 96 valence electrons. The van der Waals surface area contributed by atoms with Gasteiger partial charge in [0.2, 0.25) is 0 Å². The predicted molar refractivity (Wildman–Crippen MR) is 75.4 cm³/mol. The van der Waals surface area contributed by atoms with Crippen molar-refractivity contribution < 1.29 is 0 Å². The Kier molecular flexibility index (Phi) is 4.26. The van der Waals surface area contributed by atoms with Crippen LogP contribution in [0.5, 0.6) is 0 Å². The van der Waals surface area contributed by atoms with E-state index in [1.165, 1.54) is 5.56 Å². The lowest BCUT2D eigenvalue weighted by molar-refractivity contribution is 0.384. The van der Waals surface area contributed by atoms with Crippen LogP contribution in [0.1, 0.15) is 38.8 Å².